The van der Waals surface area contributed by atoms with E-state index in [9.17, 15) is 9.59 Å². The van der Waals surface area contributed by atoms with Crippen LogP contribution in [0.25, 0.3) is 0 Å². The van der Waals surface area contributed by atoms with Crippen molar-refractivity contribution in [1.29, 1.82) is 0 Å². The lowest BCUT2D eigenvalue weighted by Gasteiger charge is -2.21. The Balaban J connectivity index is 1.53. The molecule has 1 saturated heterocycles. The van der Waals surface area contributed by atoms with Gasteiger partial charge in [-0.05, 0) is 48.2 Å². The maximum absolute atomic E-state index is 13.3. The monoisotopic (exact) mass is 398 g/mol. The highest BCUT2D eigenvalue weighted by Gasteiger charge is 2.33. The fourth-order valence-corrected chi connectivity index (χ4v) is 4.02. The van der Waals surface area contributed by atoms with Crippen LogP contribution in [-0.4, -0.2) is 24.4 Å². The number of nitrogens with one attached hydrogen (secondary N) is 1. The van der Waals surface area contributed by atoms with Crippen molar-refractivity contribution < 1.29 is 9.59 Å². The lowest BCUT2D eigenvalue weighted by molar-refractivity contribution is -0.122. The summed E-state index contributed by atoms with van der Waals surface area (Å²) in [6, 6.07) is 25.4. The molecule has 1 fully saturated rings. The number of amides is 2. The Kier molecular flexibility index (Phi) is 5.66. The molecule has 152 valence electrons. The fraction of sp³-hybridized carbons (Fsp3) is 0.231. The Bertz CT molecular complexity index is 1010. The smallest absolute Gasteiger partial charge is 0.232 e. The molecule has 4 nitrogen and oxygen atoms in total. The molecule has 4 heteroatoms. The third kappa shape index (κ3) is 4.13. The van der Waals surface area contributed by atoms with Gasteiger partial charge in [0.2, 0.25) is 11.8 Å². The summed E-state index contributed by atoms with van der Waals surface area (Å²) in [5, 5.41) is 3.13. The molecule has 30 heavy (non-hydrogen) atoms. The first-order valence-electron chi connectivity index (χ1n) is 10.3. The van der Waals surface area contributed by atoms with E-state index < -0.39 is 5.92 Å². The number of hydrogen-bond donors (Lipinski definition) is 1. The Labute approximate surface area is 177 Å². The summed E-state index contributed by atoms with van der Waals surface area (Å²) in [5.74, 6) is -0.440. The molecule has 4 rings (SSSR count). The third-order valence-corrected chi connectivity index (χ3v) is 5.80. The summed E-state index contributed by atoms with van der Waals surface area (Å²) >= 11 is 0. The van der Waals surface area contributed by atoms with Crippen molar-refractivity contribution in [1.82, 2.24) is 5.32 Å². The van der Waals surface area contributed by atoms with Crippen LogP contribution in [0.1, 0.15) is 34.6 Å². The van der Waals surface area contributed by atoms with Crippen LogP contribution in [0.15, 0.2) is 78.9 Å². The van der Waals surface area contributed by atoms with Crippen LogP contribution < -0.4 is 10.2 Å². The standard InChI is InChI=1S/C26H26N2O2/c1-18-13-14-23(15-19(18)2)28-17-22(16-24(28)29)27-26(30)25(20-9-5-3-6-10-20)21-11-7-4-8-12-21/h3-15,22,25H,16-17H2,1-2H3,(H,27,30)/t22-/m0/s1. The van der Waals surface area contributed by atoms with Crippen LogP contribution in [0.5, 0.6) is 0 Å². The fourth-order valence-electron chi connectivity index (χ4n) is 4.02. The van der Waals surface area contributed by atoms with Gasteiger partial charge < -0.3 is 10.2 Å². The summed E-state index contributed by atoms with van der Waals surface area (Å²) in [5.41, 5.74) is 5.13. The van der Waals surface area contributed by atoms with Gasteiger partial charge in [0.25, 0.3) is 0 Å². The number of carbonyl (C=O) groups is 2. The molecule has 0 aliphatic carbocycles. The van der Waals surface area contributed by atoms with Gasteiger partial charge >= 0.3 is 0 Å². The summed E-state index contributed by atoms with van der Waals surface area (Å²) < 4.78 is 0. The van der Waals surface area contributed by atoms with Crippen molar-refractivity contribution in [3.05, 3.63) is 101 Å². The number of aryl methyl sites for hydroxylation is 2. The average molecular weight is 399 g/mol. The highest BCUT2D eigenvalue weighted by molar-refractivity contribution is 5.97. The number of hydrogen-bond acceptors (Lipinski definition) is 2. The molecule has 1 aliphatic heterocycles. The Hall–Kier alpha value is -3.40. The predicted molar refractivity (Wildman–Crippen MR) is 120 cm³/mol. The summed E-state index contributed by atoms with van der Waals surface area (Å²) in [6.45, 7) is 4.59. The molecule has 0 aromatic heterocycles. The van der Waals surface area contributed by atoms with Crippen molar-refractivity contribution in [2.45, 2.75) is 32.2 Å². The SMILES string of the molecule is Cc1ccc(N2C[C@@H](NC(=O)C(c3ccccc3)c3ccccc3)CC2=O)cc1C. The van der Waals surface area contributed by atoms with Crippen LogP contribution in [0.2, 0.25) is 0 Å². The minimum atomic E-state index is -0.404. The van der Waals surface area contributed by atoms with Gasteiger partial charge in [-0.3, -0.25) is 9.59 Å². The van der Waals surface area contributed by atoms with Crippen LogP contribution >= 0.6 is 0 Å². The second kappa shape index (κ2) is 8.54. The predicted octanol–water partition coefficient (Wildman–Crippen LogP) is 4.36. The van der Waals surface area contributed by atoms with Gasteiger partial charge in [0.05, 0.1) is 12.0 Å². The molecule has 1 N–H and O–H groups in total. The van der Waals surface area contributed by atoms with Gasteiger partial charge in [-0.15, -0.1) is 0 Å². The lowest BCUT2D eigenvalue weighted by atomic mass is 9.90. The largest absolute Gasteiger partial charge is 0.350 e. The minimum Gasteiger partial charge on any atom is -0.350 e. The van der Waals surface area contributed by atoms with Crippen molar-refractivity contribution in [3.63, 3.8) is 0 Å². The highest BCUT2D eigenvalue weighted by Crippen LogP contribution is 2.27. The average Bonchev–Trinajstić information content (AvgIpc) is 3.11. The molecule has 1 atom stereocenters. The third-order valence-electron chi connectivity index (χ3n) is 5.80. The van der Waals surface area contributed by atoms with E-state index in [4.69, 9.17) is 0 Å². The van der Waals surface area contributed by atoms with E-state index in [1.807, 2.05) is 85.8 Å². The quantitative estimate of drug-likeness (QED) is 0.694. The van der Waals surface area contributed by atoms with Gasteiger partial charge in [0.1, 0.15) is 0 Å². The number of nitrogens with zero attached hydrogens (tertiary/aromatic N) is 1. The molecule has 0 saturated carbocycles. The number of rotatable bonds is 5. The Morgan fingerprint density at radius 2 is 1.50 bits per heavy atom. The van der Waals surface area contributed by atoms with Crippen LogP contribution in [0.4, 0.5) is 5.69 Å². The molecule has 0 unspecified atom stereocenters. The molecule has 3 aromatic carbocycles. The number of carbonyl (C=O) groups excluding carboxylic acids is 2. The molecular weight excluding hydrogens is 372 g/mol. The van der Waals surface area contributed by atoms with Crippen LogP contribution in [0.3, 0.4) is 0 Å². The molecule has 1 aliphatic rings. The normalized spacial score (nSPS) is 16.2. The van der Waals surface area contributed by atoms with Gasteiger partial charge in [0, 0.05) is 18.7 Å². The minimum absolute atomic E-state index is 0.0412. The lowest BCUT2D eigenvalue weighted by Crippen LogP contribution is -2.40. The van der Waals surface area contributed by atoms with E-state index in [-0.39, 0.29) is 17.9 Å². The van der Waals surface area contributed by atoms with Gasteiger partial charge in [-0.1, -0.05) is 66.7 Å². The Morgan fingerprint density at radius 3 is 2.07 bits per heavy atom. The second-order valence-corrected chi connectivity index (χ2v) is 7.94. The van der Waals surface area contributed by atoms with E-state index in [1.165, 1.54) is 5.56 Å². The van der Waals surface area contributed by atoms with E-state index in [0.29, 0.717) is 13.0 Å². The van der Waals surface area contributed by atoms with E-state index in [2.05, 4.69) is 12.2 Å². The van der Waals surface area contributed by atoms with Gasteiger partial charge in [-0.2, -0.15) is 0 Å². The van der Waals surface area contributed by atoms with Crippen LogP contribution in [-0.2, 0) is 9.59 Å². The van der Waals surface area contributed by atoms with Crippen molar-refractivity contribution in [2.24, 2.45) is 0 Å². The van der Waals surface area contributed by atoms with Crippen LogP contribution in [0, 0.1) is 13.8 Å². The second-order valence-electron chi connectivity index (χ2n) is 7.94. The molecule has 2 amide bonds. The van der Waals surface area contributed by atoms with E-state index >= 15 is 0 Å². The molecule has 0 bridgehead atoms. The summed E-state index contributed by atoms with van der Waals surface area (Å²) in [4.78, 5) is 27.7. The zero-order valence-electron chi connectivity index (χ0n) is 17.3. The van der Waals surface area contributed by atoms with Crippen molar-refractivity contribution >= 4 is 17.5 Å². The molecule has 3 aromatic rings. The summed E-state index contributed by atoms with van der Waals surface area (Å²) in [6.07, 6.45) is 0.314. The highest BCUT2D eigenvalue weighted by atomic mass is 16.2. The van der Waals surface area contributed by atoms with Gasteiger partial charge in [0.15, 0.2) is 0 Å². The maximum atomic E-state index is 13.3. The summed E-state index contributed by atoms with van der Waals surface area (Å²) in [7, 11) is 0. The zero-order valence-corrected chi connectivity index (χ0v) is 17.3. The first-order valence-corrected chi connectivity index (χ1v) is 10.3. The first-order chi connectivity index (χ1) is 14.5. The zero-order chi connectivity index (χ0) is 21.1. The first kappa shape index (κ1) is 19.9. The van der Waals surface area contributed by atoms with E-state index in [0.717, 1.165) is 22.4 Å². The molecule has 0 radical (unpaired) electrons. The van der Waals surface area contributed by atoms with E-state index in [1.54, 1.807) is 4.90 Å². The van der Waals surface area contributed by atoms with Crippen molar-refractivity contribution in [3.8, 4) is 0 Å². The topological polar surface area (TPSA) is 49.4 Å². The maximum Gasteiger partial charge on any atom is 0.232 e. The number of benzene rings is 3. The van der Waals surface area contributed by atoms with Gasteiger partial charge in [-0.25, -0.2) is 0 Å². The molecule has 1 heterocycles. The Morgan fingerprint density at radius 1 is 0.900 bits per heavy atom. The number of anilines is 1. The van der Waals surface area contributed by atoms with Crippen molar-refractivity contribution in [2.75, 3.05) is 11.4 Å². The molecular formula is C26H26N2O2. The molecule has 0 spiro atoms.